The molecule has 3 heterocycles. The fourth-order valence-corrected chi connectivity index (χ4v) is 4.13. The normalized spacial score (nSPS) is 19.9. The summed E-state index contributed by atoms with van der Waals surface area (Å²) in [6.07, 6.45) is 2.26. The molecule has 7 heteroatoms. The van der Waals surface area contributed by atoms with E-state index in [0.717, 1.165) is 57.3 Å². The standard InChI is InChI=1S/C22H29N5O2/c1-17-4-3-11-27(16-17)22(28)20-9-10-21(24-23-20)26-14-12-25(13-15-26)18-5-7-19(29-2)8-6-18/h5-10,17H,3-4,11-16H2,1-2H3. The average molecular weight is 396 g/mol. The second kappa shape index (κ2) is 8.68. The summed E-state index contributed by atoms with van der Waals surface area (Å²) in [4.78, 5) is 19.2. The number of nitrogens with zero attached hydrogens (tertiary/aromatic N) is 5. The molecule has 0 N–H and O–H groups in total. The highest BCUT2D eigenvalue weighted by molar-refractivity contribution is 5.92. The fraction of sp³-hybridized carbons (Fsp3) is 0.500. The molecule has 1 amide bonds. The number of aromatic nitrogens is 2. The van der Waals surface area contributed by atoms with E-state index in [-0.39, 0.29) is 5.91 Å². The summed E-state index contributed by atoms with van der Waals surface area (Å²) in [5.74, 6) is 2.26. The van der Waals surface area contributed by atoms with E-state index >= 15 is 0 Å². The summed E-state index contributed by atoms with van der Waals surface area (Å²) in [5.41, 5.74) is 1.65. The van der Waals surface area contributed by atoms with Crippen molar-refractivity contribution < 1.29 is 9.53 Å². The zero-order valence-electron chi connectivity index (χ0n) is 17.3. The van der Waals surface area contributed by atoms with Crippen LogP contribution in [0.3, 0.4) is 0 Å². The van der Waals surface area contributed by atoms with Crippen LogP contribution in [0.4, 0.5) is 11.5 Å². The van der Waals surface area contributed by atoms with Gasteiger partial charge in [-0.2, -0.15) is 0 Å². The van der Waals surface area contributed by atoms with E-state index in [4.69, 9.17) is 4.74 Å². The van der Waals surface area contributed by atoms with Crippen molar-refractivity contribution in [2.24, 2.45) is 5.92 Å². The van der Waals surface area contributed by atoms with Gasteiger partial charge in [-0.15, -0.1) is 10.2 Å². The molecule has 0 spiro atoms. The van der Waals surface area contributed by atoms with E-state index < -0.39 is 0 Å². The van der Waals surface area contributed by atoms with E-state index in [2.05, 4.69) is 39.1 Å². The van der Waals surface area contributed by atoms with Crippen molar-refractivity contribution in [3.63, 3.8) is 0 Å². The summed E-state index contributed by atoms with van der Waals surface area (Å²) in [5, 5.41) is 8.59. The number of ether oxygens (including phenoxy) is 1. The second-order valence-electron chi connectivity index (χ2n) is 7.95. The highest BCUT2D eigenvalue weighted by Crippen LogP contribution is 2.22. The maximum atomic E-state index is 12.7. The first-order valence-electron chi connectivity index (χ1n) is 10.4. The number of amides is 1. The van der Waals surface area contributed by atoms with Gasteiger partial charge in [0.05, 0.1) is 7.11 Å². The Balaban J connectivity index is 1.34. The van der Waals surface area contributed by atoms with E-state index in [1.54, 1.807) is 7.11 Å². The van der Waals surface area contributed by atoms with Gasteiger partial charge in [0, 0.05) is 45.0 Å². The maximum Gasteiger partial charge on any atom is 0.274 e. The van der Waals surface area contributed by atoms with Crippen molar-refractivity contribution >= 4 is 17.4 Å². The third-order valence-electron chi connectivity index (χ3n) is 5.86. The van der Waals surface area contributed by atoms with Crippen LogP contribution in [0.25, 0.3) is 0 Å². The summed E-state index contributed by atoms with van der Waals surface area (Å²) in [6.45, 7) is 7.41. The molecule has 2 fully saturated rings. The molecule has 1 aromatic carbocycles. The largest absolute Gasteiger partial charge is 0.497 e. The quantitative estimate of drug-likeness (QED) is 0.793. The molecule has 0 aliphatic carbocycles. The molecule has 1 aromatic heterocycles. The van der Waals surface area contributed by atoms with Crippen LogP contribution in [-0.4, -0.2) is 67.4 Å². The van der Waals surface area contributed by atoms with E-state index in [0.29, 0.717) is 11.6 Å². The number of rotatable bonds is 4. The first-order chi connectivity index (χ1) is 14.1. The van der Waals surface area contributed by atoms with Gasteiger partial charge in [0.25, 0.3) is 5.91 Å². The molecule has 2 saturated heterocycles. The summed E-state index contributed by atoms with van der Waals surface area (Å²) < 4.78 is 5.23. The third-order valence-corrected chi connectivity index (χ3v) is 5.86. The molecule has 0 saturated carbocycles. The Morgan fingerprint density at radius 3 is 2.31 bits per heavy atom. The van der Waals surface area contributed by atoms with Gasteiger partial charge in [-0.3, -0.25) is 4.79 Å². The molecule has 2 aliphatic heterocycles. The lowest BCUT2D eigenvalue weighted by molar-refractivity contribution is 0.0676. The van der Waals surface area contributed by atoms with Gasteiger partial charge in [0.1, 0.15) is 5.75 Å². The highest BCUT2D eigenvalue weighted by atomic mass is 16.5. The van der Waals surface area contributed by atoms with Crippen molar-refractivity contribution in [3.8, 4) is 5.75 Å². The molecule has 0 bridgehead atoms. The van der Waals surface area contributed by atoms with Gasteiger partial charge in [-0.25, -0.2) is 0 Å². The van der Waals surface area contributed by atoms with Gasteiger partial charge in [-0.05, 0) is 55.2 Å². The number of piperazine rings is 1. The monoisotopic (exact) mass is 395 g/mol. The van der Waals surface area contributed by atoms with E-state index in [1.165, 1.54) is 12.1 Å². The molecule has 1 atom stereocenters. The number of carbonyl (C=O) groups excluding carboxylic acids is 1. The van der Waals surface area contributed by atoms with Crippen LogP contribution in [-0.2, 0) is 0 Å². The lowest BCUT2D eigenvalue weighted by Gasteiger charge is -2.36. The first-order valence-corrected chi connectivity index (χ1v) is 10.4. The number of benzene rings is 1. The number of hydrogen-bond acceptors (Lipinski definition) is 6. The topological polar surface area (TPSA) is 61.8 Å². The van der Waals surface area contributed by atoms with Gasteiger partial charge in [-0.1, -0.05) is 6.92 Å². The van der Waals surface area contributed by atoms with Crippen LogP contribution < -0.4 is 14.5 Å². The second-order valence-corrected chi connectivity index (χ2v) is 7.95. The lowest BCUT2D eigenvalue weighted by atomic mass is 10.00. The predicted molar refractivity (Wildman–Crippen MR) is 114 cm³/mol. The number of likely N-dealkylation sites (tertiary alicyclic amines) is 1. The molecular weight excluding hydrogens is 366 g/mol. The van der Waals surface area contributed by atoms with Crippen LogP contribution in [0.1, 0.15) is 30.3 Å². The molecular formula is C22H29N5O2. The minimum absolute atomic E-state index is 0.0000694. The SMILES string of the molecule is COc1ccc(N2CCN(c3ccc(C(=O)N4CCCC(C)C4)nn3)CC2)cc1. The highest BCUT2D eigenvalue weighted by Gasteiger charge is 2.24. The molecule has 4 rings (SSSR count). The molecule has 1 unspecified atom stereocenters. The first kappa shape index (κ1) is 19.5. The van der Waals surface area contributed by atoms with E-state index in [1.807, 2.05) is 29.2 Å². The summed E-state index contributed by atoms with van der Waals surface area (Å²) >= 11 is 0. The molecule has 0 radical (unpaired) electrons. The van der Waals surface area contributed by atoms with Crippen LogP contribution in [0, 0.1) is 5.92 Å². The Hall–Kier alpha value is -2.83. The Kier molecular flexibility index (Phi) is 5.83. The predicted octanol–water partition coefficient (Wildman–Crippen LogP) is 2.68. The molecule has 29 heavy (non-hydrogen) atoms. The Morgan fingerprint density at radius 2 is 1.69 bits per heavy atom. The number of piperidine rings is 1. The minimum atomic E-state index is -0.0000694. The number of anilines is 2. The van der Waals surface area contributed by atoms with Crippen molar-refractivity contribution in [3.05, 3.63) is 42.1 Å². The summed E-state index contributed by atoms with van der Waals surface area (Å²) in [6, 6.07) is 11.9. The molecule has 7 nitrogen and oxygen atoms in total. The zero-order chi connectivity index (χ0) is 20.2. The van der Waals surface area contributed by atoms with Gasteiger partial charge in [0.2, 0.25) is 0 Å². The van der Waals surface area contributed by atoms with E-state index in [9.17, 15) is 4.79 Å². The van der Waals surface area contributed by atoms with Crippen LogP contribution in [0.2, 0.25) is 0 Å². The lowest BCUT2D eigenvalue weighted by Crippen LogP contribution is -2.47. The summed E-state index contributed by atoms with van der Waals surface area (Å²) in [7, 11) is 1.68. The van der Waals surface area contributed by atoms with Crippen LogP contribution in [0.5, 0.6) is 5.75 Å². The van der Waals surface area contributed by atoms with Crippen LogP contribution in [0.15, 0.2) is 36.4 Å². The Morgan fingerprint density at radius 1 is 0.966 bits per heavy atom. The van der Waals surface area contributed by atoms with Gasteiger partial charge < -0.3 is 19.4 Å². The maximum absolute atomic E-state index is 12.7. The van der Waals surface area contributed by atoms with Crippen LogP contribution >= 0.6 is 0 Å². The number of methoxy groups -OCH3 is 1. The zero-order valence-corrected chi connectivity index (χ0v) is 17.3. The number of hydrogen-bond donors (Lipinski definition) is 0. The van der Waals surface area contributed by atoms with Crippen molar-refractivity contribution in [2.75, 3.05) is 56.2 Å². The van der Waals surface area contributed by atoms with Crippen molar-refractivity contribution in [2.45, 2.75) is 19.8 Å². The Bertz CT molecular complexity index is 816. The molecule has 154 valence electrons. The van der Waals surface area contributed by atoms with Crippen molar-refractivity contribution in [1.29, 1.82) is 0 Å². The number of carbonyl (C=O) groups is 1. The minimum Gasteiger partial charge on any atom is -0.497 e. The Labute approximate surface area is 172 Å². The van der Waals surface area contributed by atoms with Crippen molar-refractivity contribution in [1.82, 2.24) is 15.1 Å². The third kappa shape index (κ3) is 4.44. The average Bonchev–Trinajstić information content (AvgIpc) is 2.79. The molecule has 2 aliphatic rings. The fourth-order valence-electron chi connectivity index (χ4n) is 4.13. The van der Waals surface area contributed by atoms with Gasteiger partial charge >= 0.3 is 0 Å². The van der Waals surface area contributed by atoms with Gasteiger partial charge in [0.15, 0.2) is 11.5 Å². The molecule has 2 aromatic rings. The smallest absolute Gasteiger partial charge is 0.274 e.